The second kappa shape index (κ2) is 4.47. The summed E-state index contributed by atoms with van der Waals surface area (Å²) in [6.07, 6.45) is 4.53. The molecule has 0 atom stereocenters. The van der Waals surface area contributed by atoms with E-state index < -0.39 is 5.97 Å². The van der Waals surface area contributed by atoms with E-state index in [1.54, 1.807) is 0 Å². The molecule has 2 rings (SSSR count). The molecule has 0 saturated heterocycles. The minimum Gasteiger partial charge on any atom is -0.550 e. The second-order valence-corrected chi connectivity index (χ2v) is 2.97. The maximum Gasteiger partial charge on any atom is 0.227 e. The summed E-state index contributed by atoms with van der Waals surface area (Å²) >= 11 is 0. The Balaban J connectivity index is 2.11. The third kappa shape index (κ3) is 2.38. The van der Waals surface area contributed by atoms with Crippen molar-refractivity contribution in [1.82, 2.24) is 20.1 Å². The van der Waals surface area contributed by atoms with Gasteiger partial charge in [0.25, 0.3) is 0 Å². The molecule has 2 aromatic heterocycles. The fraction of sp³-hybridized carbons (Fsp3) is 0.222. The summed E-state index contributed by atoms with van der Waals surface area (Å²) in [7, 11) is 0. The highest BCUT2D eigenvalue weighted by Gasteiger charge is 2.09. The molecule has 0 saturated carbocycles. The van der Waals surface area contributed by atoms with Crippen molar-refractivity contribution in [1.29, 1.82) is 0 Å². The Morgan fingerprint density at radius 3 is 3.00 bits per heavy atom. The number of aliphatic carboxylic acids is 1. The minimum atomic E-state index is -1.15. The van der Waals surface area contributed by atoms with Crippen LogP contribution in [0.4, 0.5) is 0 Å². The van der Waals surface area contributed by atoms with Gasteiger partial charge in [-0.05, 0) is 6.42 Å². The lowest BCUT2D eigenvalue weighted by atomic mass is 10.3. The lowest BCUT2D eigenvalue weighted by molar-refractivity contribution is -0.305. The van der Waals surface area contributed by atoms with E-state index in [4.69, 9.17) is 4.52 Å². The van der Waals surface area contributed by atoms with Gasteiger partial charge in [-0.3, -0.25) is 4.98 Å². The predicted molar refractivity (Wildman–Crippen MR) is 48.7 cm³/mol. The third-order valence-corrected chi connectivity index (χ3v) is 1.80. The van der Waals surface area contributed by atoms with E-state index in [2.05, 4.69) is 20.1 Å². The van der Waals surface area contributed by atoms with E-state index in [9.17, 15) is 9.90 Å². The number of carbonyl (C=O) groups excluding carboxylic acids is 1. The molecule has 2 aromatic rings. The molecule has 0 bridgehead atoms. The molecular weight excluding hydrogens is 212 g/mol. The number of carbonyl (C=O) groups is 1. The van der Waals surface area contributed by atoms with Crippen LogP contribution >= 0.6 is 0 Å². The summed E-state index contributed by atoms with van der Waals surface area (Å²) in [5.41, 5.74) is 0.478. The normalized spacial score (nSPS) is 10.2. The van der Waals surface area contributed by atoms with Gasteiger partial charge in [-0.2, -0.15) is 4.98 Å². The van der Waals surface area contributed by atoms with Gasteiger partial charge < -0.3 is 14.4 Å². The Labute approximate surface area is 90.2 Å². The van der Waals surface area contributed by atoms with Crippen molar-refractivity contribution in [3.8, 4) is 11.5 Å². The monoisotopic (exact) mass is 219 g/mol. The number of carboxylic acids is 1. The Hall–Kier alpha value is -2.31. The molecule has 0 unspecified atom stereocenters. The van der Waals surface area contributed by atoms with Crippen LogP contribution in [-0.4, -0.2) is 26.1 Å². The fourth-order valence-electron chi connectivity index (χ4n) is 1.08. The summed E-state index contributed by atoms with van der Waals surface area (Å²) in [6, 6.07) is 0. The molecule has 0 radical (unpaired) electrons. The van der Waals surface area contributed by atoms with Crippen LogP contribution in [-0.2, 0) is 11.2 Å². The van der Waals surface area contributed by atoms with Crippen LogP contribution in [0.1, 0.15) is 12.3 Å². The van der Waals surface area contributed by atoms with Gasteiger partial charge in [0, 0.05) is 24.8 Å². The molecule has 0 aliphatic rings. The molecule has 0 spiro atoms. The van der Waals surface area contributed by atoms with E-state index >= 15 is 0 Å². The molecule has 0 amide bonds. The summed E-state index contributed by atoms with van der Waals surface area (Å²) in [5, 5.41) is 13.9. The van der Waals surface area contributed by atoms with E-state index in [-0.39, 0.29) is 18.7 Å². The van der Waals surface area contributed by atoms with Gasteiger partial charge >= 0.3 is 0 Å². The largest absolute Gasteiger partial charge is 0.550 e. The van der Waals surface area contributed by atoms with Crippen molar-refractivity contribution in [3.63, 3.8) is 0 Å². The zero-order valence-electron chi connectivity index (χ0n) is 8.16. The zero-order valence-corrected chi connectivity index (χ0v) is 8.16. The van der Waals surface area contributed by atoms with Crippen molar-refractivity contribution >= 4 is 5.97 Å². The quantitative estimate of drug-likeness (QED) is 0.663. The molecule has 0 aliphatic carbocycles. The van der Waals surface area contributed by atoms with Gasteiger partial charge in [0.1, 0.15) is 5.69 Å². The van der Waals surface area contributed by atoms with Gasteiger partial charge in [-0.1, -0.05) is 5.16 Å². The Morgan fingerprint density at radius 2 is 2.31 bits per heavy atom. The minimum absolute atomic E-state index is 0.148. The SMILES string of the molecule is O=C([O-])CCc1nc(-c2cnccn2)no1. The highest BCUT2D eigenvalue weighted by atomic mass is 16.5. The van der Waals surface area contributed by atoms with Crippen molar-refractivity contribution in [2.75, 3.05) is 0 Å². The molecule has 0 aliphatic heterocycles. The molecule has 16 heavy (non-hydrogen) atoms. The van der Waals surface area contributed by atoms with Crippen LogP contribution in [0.3, 0.4) is 0 Å². The predicted octanol–water partition coefficient (Wildman–Crippen LogP) is -0.791. The zero-order chi connectivity index (χ0) is 11.4. The highest BCUT2D eigenvalue weighted by molar-refractivity contribution is 5.64. The maximum absolute atomic E-state index is 10.2. The highest BCUT2D eigenvalue weighted by Crippen LogP contribution is 2.11. The smallest absolute Gasteiger partial charge is 0.227 e. The first-order valence-corrected chi connectivity index (χ1v) is 4.54. The van der Waals surface area contributed by atoms with E-state index in [0.717, 1.165) is 0 Å². The number of rotatable bonds is 4. The third-order valence-electron chi connectivity index (χ3n) is 1.80. The standard InChI is InChI=1S/C9H8N4O3/c14-8(15)2-1-7-12-9(13-16-7)6-5-10-3-4-11-6/h3-5H,1-2H2,(H,14,15)/p-1. The van der Waals surface area contributed by atoms with Gasteiger partial charge in [-0.25, -0.2) is 4.98 Å². The van der Waals surface area contributed by atoms with E-state index in [0.29, 0.717) is 11.5 Å². The van der Waals surface area contributed by atoms with E-state index in [1.165, 1.54) is 18.6 Å². The summed E-state index contributed by atoms with van der Waals surface area (Å²) < 4.78 is 4.85. The molecular formula is C9H7N4O3-. The first-order valence-electron chi connectivity index (χ1n) is 4.54. The summed E-state index contributed by atoms with van der Waals surface area (Å²) in [5.74, 6) is -0.620. The van der Waals surface area contributed by atoms with Crippen molar-refractivity contribution in [3.05, 3.63) is 24.5 Å². The van der Waals surface area contributed by atoms with Gasteiger partial charge in [0.2, 0.25) is 11.7 Å². The molecule has 2 heterocycles. The second-order valence-electron chi connectivity index (χ2n) is 2.97. The van der Waals surface area contributed by atoms with Crippen LogP contribution in [0.5, 0.6) is 0 Å². The number of aromatic nitrogens is 4. The van der Waals surface area contributed by atoms with Crippen molar-refractivity contribution in [2.24, 2.45) is 0 Å². The number of nitrogens with zero attached hydrogens (tertiary/aromatic N) is 4. The van der Waals surface area contributed by atoms with Gasteiger partial charge in [-0.15, -0.1) is 0 Å². The summed E-state index contributed by atoms with van der Waals surface area (Å²) in [6.45, 7) is 0. The fourth-order valence-corrected chi connectivity index (χ4v) is 1.08. The van der Waals surface area contributed by atoms with Gasteiger partial charge in [0.15, 0.2) is 0 Å². The average molecular weight is 219 g/mol. The average Bonchev–Trinajstić information content (AvgIpc) is 2.76. The Morgan fingerprint density at radius 1 is 1.44 bits per heavy atom. The molecule has 82 valence electrons. The number of carboxylic acid groups (broad SMARTS) is 1. The van der Waals surface area contributed by atoms with Crippen molar-refractivity contribution in [2.45, 2.75) is 12.8 Å². The van der Waals surface area contributed by atoms with Crippen LogP contribution < -0.4 is 5.11 Å². The van der Waals surface area contributed by atoms with Crippen LogP contribution in [0.2, 0.25) is 0 Å². The van der Waals surface area contributed by atoms with Crippen molar-refractivity contribution < 1.29 is 14.4 Å². The van der Waals surface area contributed by atoms with Gasteiger partial charge in [0.05, 0.1) is 6.20 Å². The lowest BCUT2D eigenvalue weighted by Gasteiger charge is -1.95. The van der Waals surface area contributed by atoms with Crippen LogP contribution in [0.15, 0.2) is 23.1 Å². The number of hydrogen-bond acceptors (Lipinski definition) is 7. The topological polar surface area (TPSA) is 105 Å². The molecule has 0 aromatic carbocycles. The number of hydrogen-bond donors (Lipinski definition) is 0. The summed E-state index contributed by atoms with van der Waals surface area (Å²) in [4.78, 5) is 22.0. The molecule has 0 fully saturated rings. The first kappa shape index (κ1) is 10.2. The molecule has 7 heteroatoms. The van der Waals surface area contributed by atoms with Crippen LogP contribution in [0.25, 0.3) is 11.5 Å². The Kier molecular flexibility index (Phi) is 2.86. The molecule has 7 nitrogen and oxygen atoms in total. The Bertz CT molecular complexity index is 483. The maximum atomic E-state index is 10.2. The first-order chi connectivity index (χ1) is 7.75. The molecule has 0 N–H and O–H groups in total. The van der Waals surface area contributed by atoms with Crippen LogP contribution in [0, 0.1) is 0 Å². The van der Waals surface area contributed by atoms with E-state index in [1.807, 2.05) is 0 Å². The number of aryl methyl sites for hydroxylation is 1. The lowest BCUT2D eigenvalue weighted by Crippen LogP contribution is -2.22.